The molecule has 26 heavy (non-hydrogen) atoms. The van der Waals surface area contributed by atoms with Crippen molar-refractivity contribution in [3.8, 4) is 0 Å². The molecule has 0 aliphatic carbocycles. The van der Waals surface area contributed by atoms with E-state index in [-0.39, 0.29) is 11.8 Å². The Morgan fingerprint density at radius 2 is 1.81 bits per heavy atom. The van der Waals surface area contributed by atoms with Crippen LogP contribution in [0.4, 0.5) is 0 Å². The summed E-state index contributed by atoms with van der Waals surface area (Å²) in [6, 6.07) is 6.90. The van der Waals surface area contributed by atoms with Gasteiger partial charge in [0.25, 0.3) is 11.8 Å². The lowest BCUT2D eigenvalue weighted by Gasteiger charge is -2.37. The van der Waals surface area contributed by atoms with Crippen molar-refractivity contribution in [2.75, 3.05) is 53.5 Å². The van der Waals surface area contributed by atoms with Gasteiger partial charge in [0.1, 0.15) is 0 Å². The number of nitrogens with zero attached hydrogens (tertiary/aromatic N) is 2. The summed E-state index contributed by atoms with van der Waals surface area (Å²) in [4.78, 5) is 28.9. The number of hydrogen-bond acceptors (Lipinski definition) is 5. The number of nitrogens with one attached hydrogen (secondary N) is 1. The van der Waals surface area contributed by atoms with Crippen LogP contribution in [0.2, 0.25) is 0 Å². The van der Waals surface area contributed by atoms with E-state index in [1.807, 2.05) is 19.0 Å². The molecule has 1 aromatic rings. The fraction of sp³-hybridized carbons (Fsp3) is 0.579. The molecular formula is C19H27N3O4. The summed E-state index contributed by atoms with van der Waals surface area (Å²) >= 11 is 0. The van der Waals surface area contributed by atoms with Crippen LogP contribution in [-0.4, -0.2) is 80.9 Å². The molecule has 1 N–H and O–H groups in total. The highest BCUT2D eigenvalue weighted by Crippen LogP contribution is 2.31. The van der Waals surface area contributed by atoms with Crippen LogP contribution in [0.25, 0.3) is 0 Å². The van der Waals surface area contributed by atoms with Gasteiger partial charge in [-0.05, 0) is 32.3 Å². The Bertz CT molecular complexity index is 646. The number of likely N-dealkylation sites (N-methyl/N-ethyl adjacent to an activating group) is 1. The number of ether oxygens (including phenoxy) is 2. The maximum Gasteiger partial charge on any atom is 0.253 e. The molecule has 0 atom stereocenters. The molecule has 2 aliphatic rings. The van der Waals surface area contributed by atoms with Crippen molar-refractivity contribution >= 4 is 11.8 Å². The van der Waals surface area contributed by atoms with E-state index in [2.05, 4.69) is 5.32 Å². The summed E-state index contributed by atoms with van der Waals surface area (Å²) in [5.74, 6) is -0.710. The Morgan fingerprint density at radius 3 is 2.46 bits per heavy atom. The third-order valence-corrected chi connectivity index (χ3v) is 4.84. The zero-order chi connectivity index (χ0) is 18.6. The Morgan fingerprint density at radius 1 is 1.15 bits per heavy atom. The van der Waals surface area contributed by atoms with Gasteiger partial charge in [-0.25, -0.2) is 0 Å². The second-order valence-corrected chi connectivity index (χ2v) is 7.04. The maximum atomic E-state index is 12.8. The zero-order valence-corrected chi connectivity index (χ0v) is 15.5. The van der Waals surface area contributed by atoms with Gasteiger partial charge < -0.3 is 24.6 Å². The lowest BCUT2D eigenvalue weighted by Crippen LogP contribution is -2.47. The summed E-state index contributed by atoms with van der Waals surface area (Å²) in [5, 5.41) is 2.87. The minimum Gasteiger partial charge on any atom is -0.351 e. The first kappa shape index (κ1) is 18.8. The maximum absolute atomic E-state index is 12.8. The highest BCUT2D eigenvalue weighted by molar-refractivity contribution is 5.99. The van der Waals surface area contributed by atoms with Crippen LogP contribution in [0.5, 0.6) is 0 Å². The molecule has 1 aromatic carbocycles. The van der Waals surface area contributed by atoms with Crippen LogP contribution in [0.15, 0.2) is 24.3 Å². The van der Waals surface area contributed by atoms with Gasteiger partial charge in [0.2, 0.25) is 0 Å². The lowest BCUT2D eigenvalue weighted by molar-refractivity contribution is -0.181. The first-order valence-corrected chi connectivity index (χ1v) is 9.09. The standard InChI is InChI=1S/C19H27N3O4/c1-21(2)11-8-20-17(23)15-4-3-5-16(14-15)18(24)22-9-6-19(7-10-22)25-12-13-26-19/h3-5,14H,6-13H2,1-2H3,(H,20,23). The quantitative estimate of drug-likeness (QED) is 0.846. The Labute approximate surface area is 154 Å². The first-order valence-electron chi connectivity index (χ1n) is 9.09. The van der Waals surface area contributed by atoms with E-state index in [0.717, 1.165) is 6.54 Å². The van der Waals surface area contributed by atoms with E-state index < -0.39 is 5.79 Å². The molecule has 0 radical (unpaired) electrons. The van der Waals surface area contributed by atoms with Crippen LogP contribution in [-0.2, 0) is 9.47 Å². The number of rotatable bonds is 5. The van der Waals surface area contributed by atoms with Crippen molar-refractivity contribution in [1.29, 1.82) is 0 Å². The highest BCUT2D eigenvalue weighted by Gasteiger charge is 2.40. The molecule has 2 saturated heterocycles. The summed E-state index contributed by atoms with van der Waals surface area (Å²) in [6.07, 6.45) is 1.37. The van der Waals surface area contributed by atoms with Crippen molar-refractivity contribution in [1.82, 2.24) is 15.1 Å². The molecule has 142 valence electrons. The Balaban J connectivity index is 1.59. The van der Waals surface area contributed by atoms with Crippen molar-refractivity contribution in [2.24, 2.45) is 0 Å². The van der Waals surface area contributed by atoms with E-state index in [1.165, 1.54) is 0 Å². The Hall–Kier alpha value is -1.96. The molecule has 7 heteroatoms. The molecule has 0 bridgehead atoms. The fourth-order valence-corrected chi connectivity index (χ4v) is 3.31. The zero-order valence-electron chi connectivity index (χ0n) is 15.5. The summed E-state index contributed by atoms with van der Waals surface area (Å²) < 4.78 is 11.4. The first-order chi connectivity index (χ1) is 12.5. The average molecular weight is 361 g/mol. The van der Waals surface area contributed by atoms with Gasteiger partial charge in [0, 0.05) is 50.1 Å². The fourth-order valence-electron chi connectivity index (χ4n) is 3.31. The third-order valence-electron chi connectivity index (χ3n) is 4.84. The largest absolute Gasteiger partial charge is 0.351 e. The van der Waals surface area contributed by atoms with Crippen molar-refractivity contribution < 1.29 is 19.1 Å². The summed E-state index contributed by atoms with van der Waals surface area (Å²) in [6.45, 7) is 3.77. The van der Waals surface area contributed by atoms with Crippen LogP contribution >= 0.6 is 0 Å². The van der Waals surface area contributed by atoms with E-state index in [0.29, 0.717) is 56.8 Å². The van der Waals surface area contributed by atoms with Gasteiger partial charge >= 0.3 is 0 Å². The van der Waals surface area contributed by atoms with Crippen molar-refractivity contribution in [2.45, 2.75) is 18.6 Å². The van der Waals surface area contributed by atoms with Gasteiger partial charge in [-0.15, -0.1) is 0 Å². The van der Waals surface area contributed by atoms with E-state index in [1.54, 1.807) is 29.2 Å². The lowest BCUT2D eigenvalue weighted by atomic mass is 10.0. The number of carbonyl (C=O) groups is 2. The molecule has 0 saturated carbocycles. The smallest absolute Gasteiger partial charge is 0.253 e. The number of hydrogen-bond donors (Lipinski definition) is 1. The third kappa shape index (κ3) is 4.41. The van der Waals surface area contributed by atoms with Crippen LogP contribution in [0.3, 0.4) is 0 Å². The predicted octanol–water partition coefficient (Wildman–Crippen LogP) is 0.957. The number of likely N-dealkylation sites (tertiary alicyclic amines) is 1. The van der Waals surface area contributed by atoms with Gasteiger partial charge in [-0.2, -0.15) is 0 Å². The molecule has 2 heterocycles. The SMILES string of the molecule is CN(C)CCNC(=O)c1cccc(C(=O)N2CCC3(CC2)OCCO3)c1. The second-order valence-electron chi connectivity index (χ2n) is 7.04. The number of piperidine rings is 1. The molecule has 3 rings (SSSR count). The number of amides is 2. The molecule has 1 spiro atoms. The molecule has 2 amide bonds. The van der Waals surface area contributed by atoms with Gasteiger partial charge in [0.05, 0.1) is 13.2 Å². The number of carbonyl (C=O) groups excluding carboxylic acids is 2. The highest BCUT2D eigenvalue weighted by atomic mass is 16.7. The Kier molecular flexibility index (Phi) is 5.90. The predicted molar refractivity (Wildman–Crippen MR) is 97.1 cm³/mol. The van der Waals surface area contributed by atoms with Gasteiger partial charge in [-0.1, -0.05) is 6.07 Å². The molecule has 0 unspecified atom stereocenters. The molecule has 2 fully saturated rings. The normalized spacial score (nSPS) is 19.1. The van der Waals surface area contributed by atoms with Crippen molar-refractivity contribution in [3.05, 3.63) is 35.4 Å². The van der Waals surface area contributed by atoms with E-state index in [4.69, 9.17) is 9.47 Å². The molecule has 0 aromatic heterocycles. The van der Waals surface area contributed by atoms with Gasteiger partial charge in [0.15, 0.2) is 5.79 Å². The molecule has 2 aliphatic heterocycles. The van der Waals surface area contributed by atoms with Crippen LogP contribution < -0.4 is 5.32 Å². The summed E-state index contributed by atoms with van der Waals surface area (Å²) in [5.41, 5.74) is 1.04. The average Bonchev–Trinajstić information content (AvgIpc) is 3.09. The van der Waals surface area contributed by atoms with Crippen LogP contribution in [0, 0.1) is 0 Å². The van der Waals surface area contributed by atoms with E-state index in [9.17, 15) is 9.59 Å². The number of benzene rings is 1. The summed E-state index contributed by atoms with van der Waals surface area (Å²) in [7, 11) is 3.91. The molecule has 7 nitrogen and oxygen atoms in total. The molecular weight excluding hydrogens is 334 g/mol. The topological polar surface area (TPSA) is 71.1 Å². The minimum absolute atomic E-state index is 0.0548. The van der Waals surface area contributed by atoms with E-state index >= 15 is 0 Å². The minimum atomic E-state index is -0.495. The second kappa shape index (κ2) is 8.16. The van der Waals surface area contributed by atoms with Gasteiger partial charge in [-0.3, -0.25) is 9.59 Å². The van der Waals surface area contributed by atoms with Crippen LogP contribution in [0.1, 0.15) is 33.6 Å². The monoisotopic (exact) mass is 361 g/mol. The van der Waals surface area contributed by atoms with Crippen molar-refractivity contribution in [3.63, 3.8) is 0 Å².